The fourth-order valence-electron chi connectivity index (χ4n) is 2.75. The van der Waals surface area contributed by atoms with Gasteiger partial charge in [0.2, 0.25) is 0 Å². The van der Waals surface area contributed by atoms with Gasteiger partial charge in [0, 0.05) is 6.42 Å². The lowest BCUT2D eigenvalue weighted by atomic mass is 10.2. The molecule has 0 amide bonds. The van der Waals surface area contributed by atoms with Crippen LogP contribution in [0.5, 0.6) is 0 Å². The van der Waals surface area contributed by atoms with Crippen molar-refractivity contribution in [2.45, 2.75) is 37.7 Å². The standard InChI is InChI=1S/C12H17N5O5/c1-5-13-11-8(12(21)14-5)15-16-17(11)6-4-7(22-3-2-18)10(20)9(6)19/h6-7,9-10,18-20H,2-4H2,1H3,(H,13,14,21)/t6-,7+,9+,10-/m1/s1. The van der Waals surface area contributed by atoms with Gasteiger partial charge in [-0.3, -0.25) is 4.79 Å². The highest BCUT2D eigenvalue weighted by Gasteiger charge is 2.44. The molecule has 3 rings (SSSR count). The molecule has 0 spiro atoms. The van der Waals surface area contributed by atoms with E-state index < -0.39 is 29.9 Å². The van der Waals surface area contributed by atoms with Crippen molar-refractivity contribution in [3.05, 3.63) is 16.2 Å². The third-order valence-electron chi connectivity index (χ3n) is 3.79. The lowest BCUT2D eigenvalue weighted by molar-refractivity contribution is -0.0629. The van der Waals surface area contributed by atoms with E-state index in [4.69, 9.17) is 9.84 Å². The molecular formula is C12H17N5O5. The molecule has 0 unspecified atom stereocenters. The van der Waals surface area contributed by atoms with Crippen LogP contribution < -0.4 is 5.56 Å². The molecule has 1 fully saturated rings. The van der Waals surface area contributed by atoms with Crippen LogP contribution in [0.4, 0.5) is 0 Å². The van der Waals surface area contributed by atoms with Gasteiger partial charge < -0.3 is 25.0 Å². The van der Waals surface area contributed by atoms with Gasteiger partial charge in [-0.1, -0.05) is 5.21 Å². The molecule has 1 aliphatic rings. The minimum absolute atomic E-state index is 0.0658. The lowest BCUT2D eigenvalue weighted by Crippen LogP contribution is -2.33. The average molecular weight is 311 g/mol. The average Bonchev–Trinajstić information content (AvgIpc) is 3.00. The Hall–Kier alpha value is -1.88. The molecule has 0 bridgehead atoms. The summed E-state index contributed by atoms with van der Waals surface area (Å²) in [5, 5.41) is 36.7. The van der Waals surface area contributed by atoms with Gasteiger partial charge in [0.25, 0.3) is 5.56 Å². The Balaban J connectivity index is 1.96. The molecule has 10 nitrogen and oxygen atoms in total. The predicted octanol–water partition coefficient (Wildman–Crippen LogP) is -2.13. The number of aromatic nitrogens is 5. The smallest absolute Gasteiger partial charge is 0.281 e. The van der Waals surface area contributed by atoms with Crippen molar-refractivity contribution in [3.63, 3.8) is 0 Å². The van der Waals surface area contributed by atoms with Crippen LogP contribution in [0.2, 0.25) is 0 Å². The number of hydrogen-bond donors (Lipinski definition) is 4. The topological polar surface area (TPSA) is 146 Å². The number of nitrogens with zero attached hydrogens (tertiary/aromatic N) is 4. The van der Waals surface area contributed by atoms with Gasteiger partial charge in [0.05, 0.1) is 25.4 Å². The predicted molar refractivity (Wildman–Crippen MR) is 73.2 cm³/mol. The normalized spacial score (nSPS) is 28.5. The molecule has 4 N–H and O–H groups in total. The molecule has 0 aliphatic heterocycles. The molecule has 1 saturated carbocycles. The molecule has 22 heavy (non-hydrogen) atoms. The molecule has 2 aromatic heterocycles. The van der Waals surface area contributed by atoms with Gasteiger partial charge in [0.15, 0.2) is 11.2 Å². The number of nitrogens with one attached hydrogen (secondary N) is 1. The molecular weight excluding hydrogens is 294 g/mol. The molecule has 0 aromatic carbocycles. The molecule has 4 atom stereocenters. The molecule has 2 aromatic rings. The van der Waals surface area contributed by atoms with Crippen molar-refractivity contribution in [2.75, 3.05) is 13.2 Å². The maximum absolute atomic E-state index is 11.8. The lowest BCUT2D eigenvalue weighted by Gasteiger charge is -2.17. The zero-order chi connectivity index (χ0) is 15.9. The summed E-state index contributed by atoms with van der Waals surface area (Å²) in [6.45, 7) is 1.52. The Morgan fingerprint density at radius 2 is 2.18 bits per heavy atom. The second kappa shape index (κ2) is 5.72. The first kappa shape index (κ1) is 15.0. The van der Waals surface area contributed by atoms with E-state index in [1.165, 1.54) is 4.68 Å². The molecule has 0 saturated heterocycles. The highest BCUT2D eigenvalue weighted by atomic mass is 16.5. The summed E-state index contributed by atoms with van der Waals surface area (Å²) >= 11 is 0. The number of aliphatic hydroxyl groups excluding tert-OH is 3. The fourth-order valence-corrected chi connectivity index (χ4v) is 2.75. The van der Waals surface area contributed by atoms with Crippen LogP contribution in [-0.4, -0.2) is 71.8 Å². The minimum Gasteiger partial charge on any atom is -0.394 e. The zero-order valence-electron chi connectivity index (χ0n) is 11.9. The summed E-state index contributed by atoms with van der Waals surface area (Å²) in [5.74, 6) is 0.405. The van der Waals surface area contributed by atoms with Crippen molar-refractivity contribution < 1.29 is 20.1 Å². The largest absolute Gasteiger partial charge is 0.394 e. The molecule has 2 heterocycles. The van der Waals surface area contributed by atoms with Crippen LogP contribution in [0.3, 0.4) is 0 Å². The zero-order valence-corrected chi connectivity index (χ0v) is 11.9. The van der Waals surface area contributed by atoms with E-state index in [2.05, 4.69) is 20.3 Å². The maximum Gasteiger partial charge on any atom is 0.281 e. The van der Waals surface area contributed by atoms with Crippen LogP contribution in [0.15, 0.2) is 4.79 Å². The second-order valence-electron chi connectivity index (χ2n) is 5.27. The number of aromatic amines is 1. The number of aryl methyl sites for hydroxylation is 1. The molecule has 1 aliphatic carbocycles. The van der Waals surface area contributed by atoms with Crippen molar-refractivity contribution in [3.8, 4) is 0 Å². The van der Waals surface area contributed by atoms with E-state index >= 15 is 0 Å². The Morgan fingerprint density at radius 3 is 2.91 bits per heavy atom. The van der Waals surface area contributed by atoms with E-state index in [9.17, 15) is 15.0 Å². The number of rotatable bonds is 4. The Kier molecular flexibility index (Phi) is 3.91. The van der Waals surface area contributed by atoms with E-state index in [0.29, 0.717) is 5.82 Å². The van der Waals surface area contributed by atoms with E-state index in [1.54, 1.807) is 6.92 Å². The Labute approximate surface area is 124 Å². The number of H-pyrrole nitrogens is 1. The molecule has 0 radical (unpaired) electrons. The molecule has 120 valence electrons. The molecule has 10 heteroatoms. The van der Waals surface area contributed by atoms with Crippen molar-refractivity contribution in [1.29, 1.82) is 0 Å². The first-order valence-electron chi connectivity index (χ1n) is 6.93. The van der Waals surface area contributed by atoms with Gasteiger partial charge in [-0.2, -0.15) is 0 Å². The van der Waals surface area contributed by atoms with Gasteiger partial charge >= 0.3 is 0 Å². The van der Waals surface area contributed by atoms with Crippen LogP contribution in [0.1, 0.15) is 18.3 Å². The number of hydrogen-bond acceptors (Lipinski definition) is 8. The minimum atomic E-state index is -1.13. The third-order valence-corrected chi connectivity index (χ3v) is 3.79. The van der Waals surface area contributed by atoms with E-state index in [0.717, 1.165) is 0 Å². The summed E-state index contributed by atoms with van der Waals surface area (Å²) in [7, 11) is 0. The summed E-state index contributed by atoms with van der Waals surface area (Å²) in [6, 6.07) is -0.614. The Bertz CT molecular complexity index is 728. The van der Waals surface area contributed by atoms with Gasteiger partial charge in [-0.25, -0.2) is 9.67 Å². The summed E-state index contributed by atoms with van der Waals surface area (Å²) in [6.07, 6.45) is -2.60. The van der Waals surface area contributed by atoms with Gasteiger partial charge in [-0.15, -0.1) is 5.10 Å². The van der Waals surface area contributed by atoms with Crippen molar-refractivity contribution >= 4 is 11.2 Å². The first-order chi connectivity index (χ1) is 10.5. The highest BCUT2D eigenvalue weighted by Crippen LogP contribution is 2.33. The first-order valence-corrected chi connectivity index (χ1v) is 6.93. The summed E-state index contributed by atoms with van der Waals surface area (Å²) in [4.78, 5) is 18.5. The number of ether oxygens (including phenoxy) is 1. The van der Waals surface area contributed by atoms with Crippen LogP contribution in [-0.2, 0) is 4.74 Å². The highest BCUT2D eigenvalue weighted by molar-refractivity contribution is 5.68. The van der Waals surface area contributed by atoms with E-state index in [1.807, 2.05) is 0 Å². The monoisotopic (exact) mass is 311 g/mol. The van der Waals surface area contributed by atoms with Crippen LogP contribution in [0.25, 0.3) is 11.2 Å². The second-order valence-corrected chi connectivity index (χ2v) is 5.27. The van der Waals surface area contributed by atoms with Crippen LogP contribution in [0, 0.1) is 6.92 Å². The van der Waals surface area contributed by atoms with E-state index in [-0.39, 0.29) is 30.8 Å². The summed E-state index contributed by atoms with van der Waals surface area (Å²) in [5.41, 5.74) is -0.0813. The number of aliphatic hydroxyl groups is 3. The quantitative estimate of drug-likeness (QED) is 0.500. The fraction of sp³-hybridized carbons (Fsp3) is 0.667. The number of fused-ring (bicyclic) bond motifs is 1. The van der Waals surface area contributed by atoms with Crippen molar-refractivity contribution in [1.82, 2.24) is 25.0 Å². The van der Waals surface area contributed by atoms with Crippen LogP contribution >= 0.6 is 0 Å². The third kappa shape index (κ3) is 2.39. The van der Waals surface area contributed by atoms with Crippen molar-refractivity contribution in [2.24, 2.45) is 0 Å². The maximum atomic E-state index is 11.8. The Morgan fingerprint density at radius 1 is 1.41 bits per heavy atom. The van der Waals surface area contributed by atoms with Gasteiger partial charge in [0.1, 0.15) is 18.0 Å². The SMILES string of the molecule is Cc1nc2c(nnn2[C@@H]2C[C@H](OCCO)[C@@H](O)[C@H]2O)c(=O)[nH]1. The van der Waals surface area contributed by atoms with Gasteiger partial charge in [-0.05, 0) is 6.92 Å². The summed E-state index contributed by atoms with van der Waals surface area (Å²) < 4.78 is 6.65.